The van der Waals surface area contributed by atoms with E-state index in [-0.39, 0.29) is 5.95 Å². The van der Waals surface area contributed by atoms with E-state index in [1.165, 1.54) is 10.1 Å². The Morgan fingerprint density at radius 3 is 2.67 bits per heavy atom. The zero-order valence-corrected chi connectivity index (χ0v) is 16.8. The summed E-state index contributed by atoms with van der Waals surface area (Å²) in [6.45, 7) is 2.50. The van der Waals surface area contributed by atoms with Crippen LogP contribution in [0.5, 0.6) is 0 Å². The SMILES string of the molecule is C/C=C(\OC)c1nc2nc(NCCc3ccc(-c4cccnc4)cc3)nc(N)n2n1. The molecule has 0 aliphatic rings. The molecule has 0 aliphatic heterocycles. The number of nitrogen functional groups attached to an aromatic ring is 1. The number of ether oxygens (including phenoxy) is 1. The molecule has 0 spiro atoms. The predicted octanol–water partition coefficient (Wildman–Crippen LogP) is 2.83. The molecule has 30 heavy (non-hydrogen) atoms. The van der Waals surface area contributed by atoms with E-state index in [9.17, 15) is 0 Å². The van der Waals surface area contributed by atoms with E-state index in [0.717, 1.165) is 17.5 Å². The van der Waals surface area contributed by atoms with Crippen molar-refractivity contribution < 1.29 is 4.74 Å². The van der Waals surface area contributed by atoms with E-state index in [1.54, 1.807) is 19.4 Å². The fraction of sp³-hybridized carbons (Fsp3) is 0.190. The molecule has 0 fully saturated rings. The molecule has 0 unspecified atom stereocenters. The summed E-state index contributed by atoms with van der Waals surface area (Å²) in [4.78, 5) is 17.2. The van der Waals surface area contributed by atoms with Gasteiger partial charge in [0.2, 0.25) is 17.7 Å². The van der Waals surface area contributed by atoms with Gasteiger partial charge < -0.3 is 15.8 Å². The maximum atomic E-state index is 6.01. The van der Waals surface area contributed by atoms with Crippen molar-refractivity contribution in [1.82, 2.24) is 29.5 Å². The third-order valence-corrected chi connectivity index (χ3v) is 4.58. The number of fused-ring (bicyclic) bond motifs is 1. The van der Waals surface area contributed by atoms with Gasteiger partial charge in [0.25, 0.3) is 5.78 Å². The Morgan fingerprint density at radius 2 is 1.97 bits per heavy atom. The summed E-state index contributed by atoms with van der Waals surface area (Å²) in [5, 5.41) is 7.49. The molecule has 4 rings (SSSR count). The highest BCUT2D eigenvalue weighted by Gasteiger charge is 2.13. The van der Waals surface area contributed by atoms with Gasteiger partial charge >= 0.3 is 0 Å². The lowest BCUT2D eigenvalue weighted by atomic mass is 10.0. The molecule has 3 aromatic heterocycles. The average molecular weight is 402 g/mol. The first kappa shape index (κ1) is 19.3. The first-order valence-corrected chi connectivity index (χ1v) is 9.52. The molecule has 3 heterocycles. The maximum Gasteiger partial charge on any atom is 0.259 e. The number of nitrogens with two attached hydrogens (primary N) is 1. The topological polar surface area (TPSA) is 116 Å². The number of nitrogens with one attached hydrogen (secondary N) is 1. The number of methoxy groups -OCH3 is 1. The Bertz CT molecular complexity index is 1170. The summed E-state index contributed by atoms with van der Waals surface area (Å²) in [6.07, 6.45) is 6.21. The second-order valence-corrected chi connectivity index (χ2v) is 6.53. The van der Waals surface area contributed by atoms with Crippen LogP contribution in [0, 0.1) is 0 Å². The number of allylic oxidation sites excluding steroid dienone is 1. The van der Waals surface area contributed by atoms with Gasteiger partial charge in [0, 0.05) is 18.9 Å². The molecule has 3 N–H and O–H groups in total. The van der Waals surface area contributed by atoms with Crippen LogP contribution in [-0.2, 0) is 11.2 Å². The summed E-state index contributed by atoms with van der Waals surface area (Å²) in [7, 11) is 1.56. The lowest BCUT2D eigenvalue weighted by Gasteiger charge is -2.07. The van der Waals surface area contributed by atoms with Gasteiger partial charge in [-0.2, -0.15) is 19.5 Å². The smallest absolute Gasteiger partial charge is 0.259 e. The van der Waals surface area contributed by atoms with Gasteiger partial charge in [0.15, 0.2) is 5.76 Å². The van der Waals surface area contributed by atoms with Crippen LogP contribution in [0.2, 0.25) is 0 Å². The Kier molecular flexibility index (Phi) is 5.51. The molecule has 0 amide bonds. The van der Waals surface area contributed by atoms with Crippen LogP contribution in [-0.4, -0.2) is 43.2 Å². The van der Waals surface area contributed by atoms with Crippen molar-refractivity contribution in [2.24, 2.45) is 0 Å². The largest absolute Gasteiger partial charge is 0.493 e. The van der Waals surface area contributed by atoms with Crippen LogP contribution < -0.4 is 11.1 Å². The van der Waals surface area contributed by atoms with Crippen molar-refractivity contribution >= 4 is 23.4 Å². The van der Waals surface area contributed by atoms with Crippen molar-refractivity contribution in [3.8, 4) is 11.1 Å². The Balaban J connectivity index is 1.42. The van der Waals surface area contributed by atoms with Crippen LogP contribution in [0.15, 0.2) is 54.9 Å². The minimum atomic E-state index is 0.202. The van der Waals surface area contributed by atoms with Crippen LogP contribution in [0.25, 0.3) is 22.7 Å². The van der Waals surface area contributed by atoms with Crippen LogP contribution in [0.3, 0.4) is 0 Å². The lowest BCUT2D eigenvalue weighted by Crippen LogP contribution is -2.12. The standard InChI is InChI=1S/C21H22N8O/c1-3-17(30-2)18-25-21-27-20(26-19(22)29(21)28-18)24-12-10-14-6-8-15(9-7-14)16-5-4-11-23-13-16/h3-9,11,13H,10,12H2,1-2H3,(H3,22,24,25,26,27,28)/b17-3-. The molecule has 1 aromatic carbocycles. The van der Waals surface area contributed by atoms with Crippen LogP contribution in [0.4, 0.5) is 11.9 Å². The molecule has 0 saturated heterocycles. The minimum Gasteiger partial charge on any atom is -0.493 e. The minimum absolute atomic E-state index is 0.202. The second-order valence-electron chi connectivity index (χ2n) is 6.53. The van der Waals surface area contributed by atoms with E-state index in [4.69, 9.17) is 10.5 Å². The number of nitrogens with zero attached hydrogens (tertiary/aromatic N) is 6. The molecule has 0 radical (unpaired) electrons. The third-order valence-electron chi connectivity index (χ3n) is 4.58. The number of benzene rings is 1. The van der Waals surface area contributed by atoms with E-state index in [1.807, 2.05) is 25.3 Å². The normalized spacial score (nSPS) is 11.6. The van der Waals surface area contributed by atoms with E-state index < -0.39 is 0 Å². The van der Waals surface area contributed by atoms with Crippen molar-refractivity contribution in [2.45, 2.75) is 13.3 Å². The van der Waals surface area contributed by atoms with Crippen molar-refractivity contribution in [2.75, 3.05) is 24.7 Å². The van der Waals surface area contributed by atoms with E-state index in [0.29, 0.717) is 29.9 Å². The fourth-order valence-corrected chi connectivity index (χ4v) is 3.04. The van der Waals surface area contributed by atoms with E-state index in [2.05, 4.69) is 54.6 Å². The number of aromatic nitrogens is 6. The van der Waals surface area contributed by atoms with Gasteiger partial charge in [-0.25, -0.2) is 0 Å². The average Bonchev–Trinajstić information content (AvgIpc) is 3.20. The Morgan fingerprint density at radius 1 is 1.13 bits per heavy atom. The molecule has 0 atom stereocenters. The number of anilines is 2. The summed E-state index contributed by atoms with van der Waals surface area (Å²) >= 11 is 0. The molecule has 152 valence electrons. The lowest BCUT2D eigenvalue weighted by molar-refractivity contribution is 0.365. The zero-order valence-electron chi connectivity index (χ0n) is 16.8. The highest BCUT2D eigenvalue weighted by atomic mass is 16.5. The number of hydrogen-bond acceptors (Lipinski definition) is 8. The molecular formula is C21H22N8O. The summed E-state index contributed by atoms with van der Waals surface area (Å²) < 4.78 is 6.64. The van der Waals surface area contributed by atoms with Crippen molar-refractivity contribution in [3.63, 3.8) is 0 Å². The molecule has 4 aromatic rings. The monoisotopic (exact) mass is 402 g/mol. The Hall–Kier alpha value is -4.01. The van der Waals surface area contributed by atoms with Gasteiger partial charge in [-0.3, -0.25) is 4.98 Å². The highest BCUT2D eigenvalue weighted by molar-refractivity contribution is 5.62. The van der Waals surface area contributed by atoms with Crippen molar-refractivity contribution in [3.05, 3.63) is 66.3 Å². The molecule has 0 bridgehead atoms. The van der Waals surface area contributed by atoms with Gasteiger partial charge in [-0.1, -0.05) is 30.3 Å². The number of pyridine rings is 1. The second kappa shape index (κ2) is 8.56. The third kappa shape index (κ3) is 4.04. The van der Waals surface area contributed by atoms with Crippen molar-refractivity contribution in [1.29, 1.82) is 0 Å². The number of hydrogen-bond donors (Lipinski definition) is 2. The van der Waals surface area contributed by atoms with Gasteiger partial charge in [-0.15, -0.1) is 5.10 Å². The van der Waals surface area contributed by atoms with Gasteiger partial charge in [-0.05, 0) is 42.2 Å². The quantitative estimate of drug-likeness (QED) is 0.453. The molecular weight excluding hydrogens is 380 g/mol. The summed E-state index contributed by atoms with van der Waals surface area (Å²) in [5.74, 6) is 1.92. The number of rotatable bonds is 7. The molecule has 0 saturated carbocycles. The van der Waals surface area contributed by atoms with Crippen LogP contribution >= 0.6 is 0 Å². The summed E-state index contributed by atoms with van der Waals surface area (Å²) in [6, 6.07) is 12.4. The fourth-order valence-electron chi connectivity index (χ4n) is 3.04. The van der Waals surface area contributed by atoms with E-state index >= 15 is 0 Å². The molecule has 0 aliphatic carbocycles. The van der Waals surface area contributed by atoms with Crippen LogP contribution in [0.1, 0.15) is 18.3 Å². The van der Waals surface area contributed by atoms with Gasteiger partial charge in [0.05, 0.1) is 7.11 Å². The predicted molar refractivity (Wildman–Crippen MR) is 116 cm³/mol. The maximum absolute atomic E-state index is 6.01. The summed E-state index contributed by atoms with van der Waals surface area (Å²) in [5.41, 5.74) is 9.45. The highest BCUT2D eigenvalue weighted by Crippen LogP contribution is 2.19. The molecule has 9 nitrogen and oxygen atoms in total. The first-order valence-electron chi connectivity index (χ1n) is 9.52. The van der Waals surface area contributed by atoms with Gasteiger partial charge in [0.1, 0.15) is 0 Å². The molecule has 9 heteroatoms. The Labute approximate surface area is 173 Å². The zero-order chi connectivity index (χ0) is 20.9. The first-order chi connectivity index (χ1) is 14.7.